The van der Waals surface area contributed by atoms with Gasteiger partial charge in [0.15, 0.2) is 0 Å². The first kappa shape index (κ1) is 17.6. The fourth-order valence-corrected chi connectivity index (χ4v) is 4.08. The van der Waals surface area contributed by atoms with E-state index >= 15 is 0 Å². The molecule has 0 atom stereocenters. The Morgan fingerprint density at radius 2 is 1.58 bits per heavy atom. The first-order valence-corrected chi connectivity index (χ1v) is 9.88. The lowest BCUT2D eigenvalue weighted by atomic mass is 9.85. The van der Waals surface area contributed by atoms with Gasteiger partial charge in [0.05, 0.1) is 0 Å². The molecule has 0 aromatic heterocycles. The number of benzene rings is 2. The monoisotopic (exact) mass is 349 g/mol. The summed E-state index contributed by atoms with van der Waals surface area (Å²) in [5, 5.41) is 3.46. The molecule has 0 radical (unpaired) electrons. The number of rotatable bonds is 3. The predicted octanol–water partition coefficient (Wildman–Crippen LogP) is 3.91. The van der Waals surface area contributed by atoms with Crippen LogP contribution in [0.15, 0.2) is 42.5 Å². The summed E-state index contributed by atoms with van der Waals surface area (Å²) >= 11 is 0. The van der Waals surface area contributed by atoms with E-state index in [9.17, 15) is 0 Å². The molecule has 0 saturated carbocycles. The maximum absolute atomic E-state index is 3.46. The Morgan fingerprint density at radius 1 is 0.923 bits per heavy atom. The Kier molecular flexibility index (Phi) is 4.76. The summed E-state index contributed by atoms with van der Waals surface area (Å²) in [6.07, 6.45) is 0. The van der Waals surface area contributed by atoms with Crippen LogP contribution in [0.2, 0.25) is 0 Å². The van der Waals surface area contributed by atoms with E-state index in [4.69, 9.17) is 0 Å². The summed E-state index contributed by atoms with van der Waals surface area (Å²) in [6.45, 7) is 14.5. The second-order valence-electron chi connectivity index (χ2n) is 8.79. The van der Waals surface area contributed by atoms with Crippen molar-refractivity contribution in [2.45, 2.75) is 45.8 Å². The van der Waals surface area contributed by atoms with Crippen molar-refractivity contribution in [1.29, 1.82) is 0 Å². The zero-order valence-corrected chi connectivity index (χ0v) is 16.4. The highest BCUT2D eigenvalue weighted by atomic mass is 15.2. The summed E-state index contributed by atoms with van der Waals surface area (Å²) in [5.41, 5.74) is 7.43. The van der Waals surface area contributed by atoms with Crippen LogP contribution in [0.1, 0.15) is 43.0 Å². The lowest BCUT2D eigenvalue weighted by Crippen LogP contribution is -2.43. The predicted molar refractivity (Wildman–Crippen MR) is 110 cm³/mol. The van der Waals surface area contributed by atoms with Gasteiger partial charge in [-0.2, -0.15) is 0 Å². The molecule has 0 unspecified atom stereocenters. The van der Waals surface area contributed by atoms with Crippen molar-refractivity contribution in [2.24, 2.45) is 0 Å². The van der Waals surface area contributed by atoms with Crippen molar-refractivity contribution < 1.29 is 0 Å². The van der Waals surface area contributed by atoms with Gasteiger partial charge in [-0.05, 0) is 39.8 Å². The smallest absolute Gasteiger partial charge is 0.0373 e. The Morgan fingerprint density at radius 3 is 2.19 bits per heavy atom. The first-order valence-electron chi connectivity index (χ1n) is 9.88. The molecule has 2 heterocycles. The van der Waals surface area contributed by atoms with Crippen LogP contribution in [0.25, 0.3) is 0 Å². The highest BCUT2D eigenvalue weighted by Crippen LogP contribution is 2.31. The van der Waals surface area contributed by atoms with Crippen molar-refractivity contribution in [1.82, 2.24) is 10.2 Å². The Bertz CT molecular complexity index is 744. The minimum absolute atomic E-state index is 0.173. The average molecular weight is 350 g/mol. The normalized spacial score (nSPS) is 18.2. The van der Waals surface area contributed by atoms with Crippen LogP contribution >= 0.6 is 0 Å². The summed E-state index contributed by atoms with van der Waals surface area (Å²) in [4.78, 5) is 5.10. The molecule has 138 valence electrons. The van der Waals surface area contributed by atoms with E-state index in [2.05, 4.69) is 78.4 Å². The van der Waals surface area contributed by atoms with Crippen LogP contribution in [-0.4, -0.2) is 31.1 Å². The molecule has 1 fully saturated rings. The molecule has 0 bridgehead atoms. The fourth-order valence-electron chi connectivity index (χ4n) is 4.08. The third kappa shape index (κ3) is 3.79. The zero-order chi connectivity index (χ0) is 18.1. The van der Waals surface area contributed by atoms with E-state index in [1.165, 1.54) is 27.9 Å². The lowest BCUT2D eigenvalue weighted by Gasteiger charge is -2.32. The van der Waals surface area contributed by atoms with Gasteiger partial charge in [-0.25, -0.2) is 0 Å². The maximum atomic E-state index is 3.46. The minimum atomic E-state index is 0.173. The van der Waals surface area contributed by atoms with E-state index in [0.29, 0.717) is 0 Å². The van der Waals surface area contributed by atoms with Crippen molar-refractivity contribution in [3.05, 3.63) is 64.7 Å². The average Bonchev–Trinajstić information content (AvgIpc) is 3.03. The van der Waals surface area contributed by atoms with E-state index in [1.54, 1.807) is 0 Å². The van der Waals surface area contributed by atoms with Crippen LogP contribution in [0, 0.1) is 0 Å². The summed E-state index contributed by atoms with van der Waals surface area (Å²) in [7, 11) is 0. The number of nitrogens with one attached hydrogen (secondary N) is 1. The molecule has 2 aromatic carbocycles. The standard InChI is InChI=1S/C23H31N3/c1-23(2,3)21-12-18(13-22(14-21)26-10-8-24-9-11-26)15-25-16-19-6-4-5-7-20(19)17-25/h4-7,12-14,24H,8-11,15-17H2,1-3H3. The largest absolute Gasteiger partial charge is 0.369 e. The Hall–Kier alpha value is -1.84. The van der Waals surface area contributed by atoms with E-state index < -0.39 is 0 Å². The van der Waals surface area contributed by atoms with Gasteiger partial charge in [0, 0.05) is 51.5 Å². The molecule has 26 heavy (non-hydrogen) atoms. The number of fused-ring (bicyclic) bond motifs is 1. The van der Waals surface area contributed by atoms with Crippen LogP contribution in [0.5, 0.6) is 0 Å². The molecule has 0 spiro atoms. The van der Waals surface area contributed by atoms with Crippen LogP contribution in [0.3, 0.4) is 0 Å². The second kappa shape index (κ2) is 7.05. The van der Waals surface area contributed by atoms with Gasteiger partial charge in [0.1, 0.15) is 0 Å². The molecular weight excluding hydrogens is 318 g/mol. The highest BCUT2D eigenvalue weighted by molar-refractivity contribution is 5.53. The van der Waals surface area contributed by atoms with E-state index in [-0.39, 0.29) is 5.41 Å². The zero-order valence-electron chi connectivity index (χ0n) is 16.4. The van der Waals surface area contributed by atoms with Crippen LogP contribution < -0.4 is 10.2 Å². The number of hydrogen-bond donors (Lipinski definition) is 1. The molecule has 3 heteroatoms. The molecule has 3 nitrogen and oxygen atoms in total. The molecule has 4 rings (SSSR count). The van der Waals surface area contributed by atoms with Crippen LogP contribution in [0.4, 0.5) is 5.69 Å². The molecule has 1 saturated heterocycles. The molecule has 2 aliphatic heterocycles. The topological polar surface area (TPSA) is 18.5 Å². The van der Waals surface area contributed by atoms with Gasteiger partial charge >= 0.3 is 0 Å². The summed E-state index contributed by atoms with van der Waals surface area (Å²) < 4.78 is 0. The number of nitrogens with zero attached hydrogens (tertiary/aromatic N) is 2. The first-order chi connectivity index (χ1) is 12.5. The highest BCUT2D eigenvalue weighted by Gasteiger charge is 2.21. The van der Waals surface area contributed by atoms with Crippen molar-refractivity contribution in [2.75, 3.05) is 31.1 Å². The van der Waals surface area contributed by atoms with Gasteiger partial charge in [0.25, 0.3) is 0 Å². The van der Waals surface area contributed by atoms with E-state index in [1.807, 2.05) is 0 Å². The van der Waals surface area contributed by atoms with Gasteiger partial charge in [-0.1, -0.05) is 51.1 Å². The van der Waals surface area contributed by atoms with Gasteiger partial charge in [0.2, 0.25) is 0 Å². The molecular formula is C23H31N3. The lowest BCUT2D eigenvalue weighted by molar-refractivity contribution is 0.275. The van der Waals surface area contributed by atoms with Crippen molar-refractivity contribution in [3.63, 3.8) is 0 Å². The van der Waals surface area contributed by atoms with Crippen molar-refractivity contribution >= 4 is 5.69 Å². The number of hydrogen-bond acceptors (Lipinski definition) is 3. The summed E-state index contributed by atoms with van der Waals surface area (Å²) in [5.74, 6) is 0. The molecule has 2 aliphatic rings. The summed E-state index contributed by atoms with van der Waals surface area (Å²) in [6, 6.07) is 16.1. The molecule has 0 amide bonds. The third-order valence-corrected chi connectivity index (χ3v) is 5.64. The fraction of sp³-hybridized carbons (Fsp3) is 0.478. The second-order valence-corrected chi connectivity index (χ2v) is 8.79. The maximum Gasteiger partial charge on any atom is 0.0373 e. The number of anilines is 1. The number of piperazine rings is 1. The molecule has 0 aliphatic carbocycles. The van der Waals surface area contributed by atoms with E-state index in [0.717, 1.165) is 45.8 Å². The molecule has 2 aromatic rings. The van der Waals surface area contributed by atoms with Gasteiger partial charge in [-0.3, -0.25) is 4.90 Å². The Labute approximate surface area is 158 Å². The SMILES string of the molecule is CC(C)(C)c1cc(CN2Cc3ccccc3C2)cc(N2CCNCC2)c1. The van der Waals surface area contributed by atoms with Gasteiger partial charge < -0.3 is 10.2 Å². The quantitative estimate of drug-likeness (QED) is 0.906. The van der Waals surface area contributed by atoms with Gasteiger partial charge in [-0.15, -0.1) is 0 Å². The Balaban J connectivity index is 1.59. The minimum Gasteiger partial charge on any atom is -0.369 e. The third-order valence-electron chi connectivity index (χ3n) is 5.64. The van der Waals surface area contributed by atoms with Crippen LogP contribution in [-0.2, 0) is 25.0 Å². The van der Waals surface area contributed by atoms with Crippen molar-refractivity contribution in [3.8, 4) is 0 Å². The molecule has 1 N–H and O–H groups in total.